The van der Waals surface area contributed by atoms with Crippen molar-refractivity contribution in [1.82, 2.24) is 15.0 Å². The zero-order valence-electron chi connectivity index (χ0n) is 7.27. The quantitative estimate of drug-likeness (QED) is 0.493. The van der Waals surface area contributed by atoms with Gasteiger partial charge in [0.15, 0.2) is 0 Å². The molecule has 0 amide bonds. The van der Waals surface area contributed by atoms with Gasteiger partial charge in [0.25, 0.3) is 0 Å². The van der Waals surface area contributed by atoms with Gasteiger partial charge < -0.3 is 5.73 Å². The summed E-state index contributed by atoms with van der Waals surface area (Å²) in [5.41, 5.74) is 5.75. The first kappa shape index (κ1) is 9.42. The van der Waals surface area contributed by atoms with Crippen molar-refractivity contribution < 1.29 is 4.79 Å². The zero-order valence-corrected chi connectivity index (χ0v) is 7.27. The number of nitrogens with zero attached hydrogens (tertiary/aromatic N) is 3. The molecule has 0 saturated heterocycles. The second-order valence-corrected chi connectivity index (χ2v) is 2.66. The topological polar surface area (TPSA) is 73.8 Å². The summed E-state index contributed by atoms with van der Waals surface area (Å²) in [6.45, 7) is 0. The Hall–Kier alpha value is -1.67. The number of carbonyl (C=O) groups is 1. The van der Waals surface area contributed by atoms with E-state index in [4.69, 9.17) is 12.2 Å². The fourth-order valence-electron chi connectivity index (χ4n) is 0.870. The molecule has 5 nitrogen and oxygen atoms in total. The molecule has 13 heavy (non-hydrogen) atoms. The Morgan fingerprint density at radius 1 is 1.92 bits per heavy atom. The summed E-state index contributed by atoms with van der Waals surface area (Å²) < 4.78 is 1.44. The molecule has 0 aliphatic carbocycles. The molecule has 0 radical (unpaired) electrons. The molecule has 0 aromatic carbocycles. The van der Waals surface area contributed by atoms with Gasteiger partial charge in [-0.25, -0.2) is 0 Å². The number of hydrogen-bond acceptors (Lipinski definition) is 4. The zero-order chi connectivity index (χ0) is 9.84. The predicted octanol–water partition coefficient (Wildman–Crippen LogP) is -0.652. The second kappa shape index (κ2) is 3.83. The molecule has 68 valence electrons. The molecule has 0 fully saturated rings. The summed E-state index contributed by atoms with van der Waals surface area (Å²) in [6, 6.07) is -0.679. The van der Waals surface area contributed by atoms with Gasteiger partial charge in [0.05, 0.1) is 12.2 Å². The SMILES string of the molecule is C#CCC(N)C(=O)c1cn(C)nn1. The van der Waals surface area contributed by atoms with Crippen LogP contribution in [0.15, 0.2) is 6.20 Å². The molecule has 0 bridgehead atoms. The molecule has 1 aromatic rings. The van der Waals surface area contributed by atoms with Crippen molar-refractivity contribution in [2.75, 3.05) is 0 Å². The maximum absolute atomic E-state index is 11.4. The van der Waals surface area contributed by atoms with E-state index in [9.17, 15) is 4.79 Å². The van der Waals surface area contributed by atoms with Crippen molar-refractivity contribution in [2.24, 2.45) is 12.8 Å². The molecule has 0 spiro atoms. The lowest BCUT2D eigenvalue weighted by atomic mass is 10.1. The second-order valence-electron chi connectivity index (χ2n) is 2.66. The number of hydrogen-bond donors (Lipinski definition) is 1. The molecular weight excluding hydrogens is 168 g/mol. The minimum atomic E-state index is -0.679. The highest BCUT2D eigenvalue weighted by Crippen LogP contribution is 1.99. The summed E-state index contributed by atoms with van der Waals surface area (Å²) in [7, 11) is 1.68. The molecule has 1 aromatic heterocycles. The highest BCUT2D eigenvalue weighted by molar-refractivity contribution is 5.98. The molecule has 1 rings (SSSR count). The lowest BCUT2D eigenvalue weighted by molar-refractivity contribution is 0.0958. The number of aromatic nitrogens is 3. The van der Waals surface area contributed by atoms with Gasteiger partial charge >= 0.3 is 0 Å². The first-order valence-corrected chi connectivity index (χ1v) is 3.74. The van der Waals surface area contributed by atoms with Crippen molar-refractivity contribution in [3.8, 4) is 12.3 Å². The Morgan fingerprint density at radius 3 is 3.08 bits per heavy atom. The number of Topliss-reactive ketones (excluding diaryl/α,β-unsaturated/α-hetero) is 1. The summed E-state index contributed by atoms with van der Waals surface area (Å²) in [5, 5.41) is 7.25. The van der Waals surface area contributed by atoms with Crippen LogP contribution < -0.4 is 5.73 Å². The van der Waals surface area contributed by atoms with E-state index in [0.717, 1.165) is 0 Å². The van der Waals surface area contributed by atoms with Gasteiger partial charge in [-0.05, 0) is 0 Å². The van der Waals surface area contributed by atoms with Gasteiger partial charge in [-0.3, -0.25) is 9.48 Å². The Balaban J connectivity index is 2.74. The lowest BCUT2D eigenvalue weighted by Gasteiger charge is -2.02. The number of rotatable bonds is 3. The van der Waals surface area contributed by atoms with Crippen LogP contribution in [0.25, 0.3) is 0 Å². The van der Waals surface area contributed by atoms with E-state index in [1.807, 2.05) is 0 Å². The Morgan fingerprint density at radius 2 is 2.62 bits per heavy atom. The Kier molecular flexibility index (Phi) is 2.77. The van der Waals surface area contributed by atoms with Crippen LogP contribution in [-0.4, -0.2) is 26.8 Å². The molecule has 2 N–H and O–H groups in total. The van der Waals surface area contributed by atoms with Gasteiger partial charge in [-0.15, -0.1) is 17.4 Å². The highest BCUT2D eigenvalue weighted by Gasteiger charge is 2.17. The minimum Gasteiger partial charge on any atom is -0.320 e. The van der Waals surface area contributed by atoms with Crippen molar-refractivity contribution >= 4 is 5.78 Å². The summed E-state index contributed by atoms with van der Waals surface area (Å²) >= 11 is 0. The molecule has 0 aliphatic rings. The van der Waals surface area contributed by atoms with Crippen LogP contribution in [0.4, 0.5) is 0 Å². The van der Waals surface area contributed by atoms with Crippen molar-refractivity contribution in [1.29, 1.82) is 0 Å². The number of nitrogens with two attached hydrogens (primary N) is 1. The van der Waals surface area contributed by atoms with E-state index in [0.29, 0.717) is 0 Å². The highest BCUT2D eigenvalue weighted by atomic mass is 16.1. The Bertz CT molecular complexity index is 349. The number of carbonyl (C=O) groups excluding carboxylic acids is 1. The average Bonchev–Trinajstić information content (AvgIpc) is 2.51. The summed E-state index contributed by atoms with van der Waals surface area (Å²) in [4.78, 5) is 11.4. The normalized spacial score (nSPS) is 12.1. The fraction of sp³-hybridized carbons (Fsp3) is 0.375. The van der Waals surface area contributed by atoms with E-state index in [-0.39, 0.29) is 17.9 Å². The standard InChI is InChI=1S/C8H10N4O/c1-3-4-6(9)8(13)7-5-12(2)11-10-7/h1,5-6H,4,9H2,2H3. The van der Waals surface area contributed by atoms with E-state index in [1.165, 1.54) is 10.9 Å². The molecule has 1 unspecified atom stereocenters. The van der Waals surface area contributed by atoms with Crippen LogP contribution >= 0.6 is 0 Å². The molecule has 1 atom stereocenters. The lowest BCUT2D eigenvalue weighted by Crippen LogP contribution is -2.30. The molecule has 1 heterocycles. The first-order chi connectivity index (χ1) is 6.15. The predicted molar refractivity (Wildman–Crippen MR) is 46.8 cm³/mol. The maximum Gasteiger partial charge on any atom is 0.202 e. The molecular formula is C8H10N4O. The maximum atomic E-state index is 11.4. The van der Waals surface area contributed by atoms with Crippen LogP contribution in [0.5, 0.6) is 0 Å². The third kappa shape index (κ3) is 2.13. The average molecular weight is 178 g/mol. The van der Waals surface area contributed by atoms with Gasteiger partial charge in [-0.2, -0.15) is 0 Å². The Labute approximate surface area is 75.9 Å². The molecule has 0 saturated carbocycles. The minimum absolute atomic E-state index is 0.218. The van der Waals surface area contributed by atoms with E-state index in [1.54, 1.807) is 7.05 Å². The first-order valence-electron chi connectivity index (χ1n) is 3.74. The molecule has 5 heteroatoms. The van der Waals surface area contributed by atoms with Gasteiger partial charge in [0.1, 0.15) is 5.69 Å². The summed E-state index contributed by atoms with van der Waals surface area (Å²) in [5.74, 6) is 2.05. The van der Waals surface area contributed by atoms with Crippen LogP contribution in [0, 0.1) is 12.3 Å². The van der Waals surface area contributed by atoms with Gasteiger partial charge in [0, 0.05) is 13.5 Å². The van der Waals surface area contributed by atoms with E-state index < -0.39 is 6.04 Å². The van der Waals surface area contributed by atoms with Crippen LogP contribution in [0.1, 0.15) is 16.9 Å². The van der Waals surface area contributed by atoms with Crippen LogP contribution in [-0.2, 0) is 7.05 Å². The number of terminal acetylenes is 1. The smallest absolute Gasteiger partial charge is 0.202 e. The van der Waals surface area contributed by atoms with Crippen molar-refractivity contribution in [2.45, 2.75) is 12.5 Å². The third-order valence-corrected chi connectivity index (χ3v) is 1.53. The number of ketones is 1. The van der Waals surface area contributed by atoms with Crippen LogP contribution in [0.2, 0.25) is 0 Å². The monoisotopic (exact) mass is 178 g/mol. The van der Waals surface area contributed by atoms with E-state index in [2.05, 4.69) is 16.2 Å². The third-order valence-electron chi connectivity index (χ3n) is 1.53. The van der Waals surface area contributed by atoms with Crippen LogP contribution in [0.3, 0.4) is 0 Å². The van der Waals surface area contributed by atoms with Crippen molar-refractivity contribution in [3.63, 3.8) is 0 Å². The van der Waals surface area contributed by atoms with Crippen molar-refractivity contribution in [3.05, 3.63) is 11.9 Å². The van der Waals surface area contributed by atoms with Gasteiger partial charge in [0.2, 0.25) is 5.78 Å². The fourth-order valence-corrected chi connectivity index (χ4v) is 0.870. The summed E-state index contributed by atoms with van der Waals surface area (Å²) in [6.07, 6.45) is 6.76. The van der Waals surface area contributed by atoms with Gasteiger partial charge in [-0.1, -0.05) is 5.21 Å². The number of aryl methyl sites for hydroxylation is 1. The van der Waals surface area contributed by atoms with E-state index >= 15 is 0 Å². The largest absolute Gasteiger partial charge is 0.320 e. The molecule has 0 aliphatic heterocycles.